The van der Waals surface area contributed by atoms with Crippen molar-refractivity contribution in [1.82, 2.24) is 10.2 Å². The Bertz CT molecular complexity index is 834. The molecule has 2 aliphatic rings. The van der Waals surface area contributed by atoms with Crippen LogP contribution >= 0.6 is 0 Å². The first-order valence-electron chi connectivity index (χ1n) is 9.90. The van der Waals surface area contributed by atoms with Gasteiger partial charge in [-0.05, 0) is 48.2 Å². The summed E-state index contributed by atoms with van der Waals surface area (Å²) in [5, 5.41) is 3.29. The van der Waals surface area contributed by atoms with Crippen LogP contribution < -0.4 is 10.2 Å². The summed E-state index contributed by atoms with van der Waals surface area (Å²) in [4.78, 5) is 17.0. The van der Waals surface area contributed by atoms with Gasteiger partial charge in [0.1, 0.15) is 11.6 Å². The fourth-order valence-electron chi connectivity index (χ4n) is 4.22. The van der Waals surface area contributed by atoms with Gasteiger partial charge in [0.2, 0.25) is 5.91 Å². The van der Waals surface area contributed by atoms with Crippen molar-refractivity contribution >= 4 is 11.6 Å². The van der Waals surface area contributed by atoms with E-state index in [0.29, 0.717) is 18.8 Å². The number of hydrogen-bond acceptors (Lipinski definition) is 3. The highest BCUT2D eigenvalue weighted by molar-refractivity contribution is 5.96. The van der Waals surface area contributed by atoms with Crippen molar-refractivity contribution in [3.8, 4) is 0 Å². The molecule has 148 valence electrons. The van der Waals surface area contributed by atoms with Gasteiger partial charge in [-0.3, -0.25) is 9.69 Å². The SMILES string of the molecule is O=C(CN1CCNCC1)N1CCCC(c2ccc(F)cc2)c2ccc(F)cc21. The van der Waals surface area contributed by atoms with Crippen molar-refractivity contribution in [2.24, 2.45) is 0 Å². The monoisotopic (exact) mass is 385 g/mol. The third-order valence-electron chi connectivity index (χ3n) is 5.68. The van der Waals surface area contributed by atoms with E-state index in [4.69, 9.17) is 0 Å². The zero-order valence-corrected chi connectivity index (χ0v) is 15.8. The van der Waals surface area contributed by atoms with Crippen molar-refractivity contribution in [3.05, 3.63) is 65.2 Å². The molecule has 0 saturated carbocycles. The van der Waals surface area contributed by atoms with Crippen LogP contribution in [0.4, 0.5) is 14.5 Å². The van der Waals surface area contributed by atoms with E-state index in [1.807, 2.05) is 0 Å². The van der Waals surface area contributed by atoms with Gasteiger partial charge in [0.15, 0.2) is 0 Å². The molecule has 6 heteroatoms. The molecule has 2 aliphatic heterocycles. The minimum Gasteiger partial charge on any atom is -0.314 e. The first kappa shape index (κ1) is 19.0. The molecule has 1 fully saturated rings. The number of hydrogen-bond donors (Lipinski definition) is 1. The maximum atomic E-state index is 14.1. The summed E-state index contributed by atoms with van der Waals surface area (Å²) in [7, 11) is 0. The number of nitrogens with one attached hydrogen (secondary N) is 1. The second kappa shape index (κ2) is 8.37. The minimum absolute atomic E-state index is 0.00788. The fraction of sp³-hybridized carbons (Fsp3) is 0.409. The van der Waals surface area contributed by atoms with Crippen molar-refractivity contribution in [1.29, 1.82) is 0 Å². The van der Waals surface area contributed by atoms with Crippen molar-refractivity contribution in [3.63, 3.8) is 0 Å². The van der Waals surface area contributed by atoms with Gasteiger partial charge in [-0.15, -0.1) is 0 Å². The molecule has 1 saturated heterocycles. The largest absolute Gasteiger partial charge is 0.314 e. The van der Waals surface area contributed by atoms with Gasteiger partial charge in [-0.1, -0.05) is 18.2 Å². The summed E-state index contributed by atoms with van der Waals surface area (Å²) in [6, 6.07) is 11.2. The molecule has 1 amide bonds. The number of benzene rings is 2. The summed E-state index contributed by atoms with van der Waals surface area (Å²) in [6.07, 6.45) is 1.65. The number of rotatable bonds is 3. The molecule has 0 spiro atoms. The lowest BCUT2D eigenvalue weighted by Gasteiger charge is -2.30. The van der Waals surface area contributed by atoms with Crippen LogP contribution in [0.5, 0.6) is 0 Å². The zero-order chi connectivity index (χ0) is 19.5. The van der Waals surface area contributed by atoms with Gasteiger partial charge in [-0.25, -0.2) is 8.78 Å². The molecule has 2 aromatic carbocycles. The number of halogens is 2. The number of nitrogens with zero attached hydrogens (tertiary/aromatic N) is 2. The van der Waals surface area contributed by atoms with E-state index >= 15 is 0 Å². The molecule has 0 aromatic heterocycles. The number of fused-ring (bicyclic) bond motifs is 1. The van der Waals surface area contributed by atoms with Crippen LogP contribution in [-0.2, 0) is 4.79 Å². The van der Waals surface area contributed by atoms with E-state index in [2.05, 4.69) is 10.2 Å². The summed E-state index contributed by atoms with van der Waals surface area (Å²) in [6.45, 7) is 4.36. The number of carbonyl (C=O) groups excluding carboxylic acids is 1. The van der Waals surface area contributed by atoms with Crippen LogP contribution in [0.3, 0.4) is 0 Å². The molecule has 1 N–H and O–H groups in total. The van der Waals surface area contributed by atoms with Crippen LogP contribution in [0.15, 0.2) is 42.5 Å². The number of anilines is 1. The molecule has 2 aromatic rings. The molecular weight excluding hydrogens is 360 g/mol. The molecule has 1 unspecified atom stereocenters. The highest BCUT2D eigenvalue weighted by Crippen LogP contribution is 2.39. The molecule has 0 radical (unpaired) electrons. The number of piperazine rings is 1. The highest BCUT2D eigenvalue weighted by atomic mass is 19.1. The van der Waals surface area contributed by atoms with E-state index in [0.717, 1.165) is 50.1 Å². The third kappa shape index (κ3) is 4.08. The van der Waals surface area contributed by atoms with E-state index in [-0.39, 0.29) is 23.5 Å². The van der Waals surface area contributed by atoms with Gasteiger partial charge in [0.25, 0.3) is 0 Å². The van der Waals surface area contributed by atoms with Gasteiger partial charge in [0, 0.05) is 38.6 Å². The minimum atomic E-state index is -0.349. The Kier molecular flexibility index (Phi) is 5.69. The summed E-state index contributed by atoms with van der Waals surface area (Å²) in [5.41, 5.74) is 2.57. The lowest BCUT2D eigenvalue weighted by atomic mass is 9.87. The molecule has 1 atom stereocenters. The zero-order valence-electron chi connectivity index (χ0n) is 15.8. The topological polar surface area (TPSA) is 35.6 Å². The van der Waals surface area contributed by atoms with Crippen LogP contribution in [0, 0.1) is 11.6 Å². The van der Waals surface area contributed by atoms with Gasteiger partial charge < -0.3 is 10.2 Å². The van der Waals surface area contributed by atoms with Gasteiger partial charge >= 0.3 is 0 Å². The van der Waals surface area contributed by atoms with Gasteiger partial charge in [-0.2, -0.15) is 0 Å². The van der Waals surface area contributed by atoms with Crippen molar-refractivity contribution < 1.29 is 13.6 Å². The lowest BCUT2D eigenvalue weighted by Crippen LogP contribution is -2.48. The summed E-state index contributed by atoms with van der Waals surface area (Å²) < 4.78 is 27.5. The summed E-state index contributed by atoms with van der Waals surface area (Å²) in [5.74, 6) is -0.593. The smallest absolute Gasteiger partial charge is 0.241 e. The molecule has 0 aliphatic carbocycles. The number of carbonyl (C=O) groups is 1. The second-order valence-electron chi connectivity index (χ2n) is 7.52. The van der Waals surface area contributed by atoms with E-state index in [9.17, 15) is 13.6 Å². The number of amides is 1. The molecule has 4 rings (SSSR count). The predicted octanol–water partition coefficient (Wildman–Crippen LogP) is 3.13. The normalized spacial score (nSPS) is 20.5. The van der Waals surface area contributed by atoms with Crippen molar-refractivity contribution in [2.45, 2.75) is 18.8 Å². The van der Waals surface area contributed by atoms with Crippen LogP contribution in [-0.4, -0.2) is 50.1 Å². The molecule has 2 heterocycles. The Balaban J connectivity index is 1.64. The van der Waals surface area contributed by atoms with Crippen molar-refractivity contribution in [2.75, 3.05) is 44.2 Å². The van der Waals surface area contributed by atoms with E-state index in [1.165, 1.54) is 24.3 Å². The quantitative estimate of drug-likeness (QED) is 0.882. The average Bonchev–Trinajstić information content (AvgIpc) is 2.89. The van der Waals surface area contributed by atoms with Crippen LogP contribution in [0.1, 0.15) is 29.9 Å². The van der Waals surface area contributed by atoms with E-state index in [1.54, 1.807) is 23.1 Å². The van der Waals surface area contributed by atoms with Crippen LogP contribution in [0.2, 0.25) is 0 Å². The second-order valence-corrected chi connectivity index (χ2v) is 7.52. The Morgan fingerprint density at radius 2 is 1.71 bits per heavy atom. The Morgan fingerprint density at radius 3 is 2.46 bits per heavy atom. The molecule has 4 nitrogen and oxygen atoms in total. The maximum absolute atomic E-state index is 14.1. The third-order valence-corrected chi connectivity index (χ3v) is 5.68. The predicted molar refractivity (Wildman–Crippen MR) is 106 cm³/mol. The lowest BCUT2D eigenvalue weighted by molar-refractivity contribution is -0.119. The fourth-order valence-corrected chi connectivity index (χ4v) is 4.22. The molecular formula is C22H25F2N3O. The van der Waals surface area contributed by atoms with E-state index < -0.39 is 0 Å². The highest BCUT2D eigenvalue weighted by Gasteiger charge is 2.29. The standard InChI is InChI=1S/C22H25F2N3O/c23-17-5-3-16(4-6-17)19-2-1-11-27(21-14-18(24)7-8-20(19)21)22(28)15-26-12-9-25-10-13-26/h3-8,14,19,25H,1-2,9-13,15H2. The maximum Gasteiger partial charge on any atom is 0.241 e. The summed E-state index contributed by atoms with van der Waals surface area (Å²) >= 11 is 0. The average molecular weight is 385 g/mol. The Hall–Kier alpha value is -2.31. The Labute approximate surface area is 164 Å². The van der Waals surface area contributed by atoms with Crippen LogP contribution in [0.25, 0.3) is 0 Å². The first-order chi connectivity index (χ1) is 13.6. The van der Waals surface area contributed by atoms with Gasteiger partial charge in [0.05, 0.1) is 12.2 Å². The molecule has 28 heavy (non-hydrogen) atoms. The molecule has 0 bridgehead atoms. The Morgan fingerprint density at radius 1 is 1.00 bits per heavy atom. The first-order valence-corrected chi connectivity index (χ1v) is 9.90.